The molecule has 0 saturated carbocycles. The fourth-order valence-electron chi connectivity index (χ4n) is 0.814. The van der Waals surface area contributed by atoms with E-state index in [1.165, 1.54) is 17.4 Å². The van der Waals surface area contributed by atoms with Crippen LogP contribution in [0.2, 0.25) is 0 Å². The lowest BCUT2D eigenvalue weighted by Gasteiger charge is -1.93. The Morgan fingerprint density at radius 3 is 2.93 bits per heavy atom. The van der Waals surface area contributed by atoms with Crippen molar-refractivity contribution in [1.29, 1.82) is 0 Å². The number of hydrogen-bond donors (Lipinski definition) is 1. The zero-order chi connectivity index (χ0) is 10.4. The van der Waals surface area contributed by atoms with E-state index < -0.39 is 0 Å². The SMILES string of the molecule is C/C=C/C=C/C(=O)Nc1ncc(C)s1. The summed E-state index contributed by atoms with van der Waals surface area (Å²) in [5.41, 5.74) is 0. The van der Waals surface area contributed by atoms with E-state index >= 15 is 0 Å². The average molecular weight is 208 g/mol. The lowest BCUT2D eigenvalue weighted by Crippen LogP contribution is -2.06. The minimum Gasteiger partial charge on any atom is -0.298 e. The quantitative estimate of drug-likeness (QED) is 0.612. The van der Waals surface area contributed by atoms with E-state index in [2.05, 4.69) is 10.3 Å². The molecule has 0 bridgehead atoms. The molecule has 74 valence electrons. The zero-order valence-electron chi connectivity index (χ0n) is 8.15. The van der Waals surface area contributed by atoms with Crippen molar-refractivity contribution in [3.63, 3.8) is 0 Å². The van der Waals surface area contributed by atoms with Gasteiger partial charge in [0.1, 0.15) is 0 Å². The minimum atomic E-state index is -0.155. The van der Waals surface area contributed by atoms with Crippen LogP contribution in [0.5, 0.6) is 0 Å². The highest BCUT2D eigenvalue weighted by Gasteiger charge is 2.00. The highest BCUT2D eigenvalue weighted by atomic mass is 32.1. The number of nitrogens with zero attached hydrogens (tertiary/aromatic N) is 1. The van der Waals surface area contributed by atoms with E-state index in [1.807, 2.05) is 19.9 Å². The molecule has 1 heterocycles. The molecule has 0 fully saturated rings. The summed E-state index contributed by atoms with van der Waals surface area (Å²) in [5, 5.41) is 3.31. The van der Waals surface area contributed by atoms with Crippen LogP contribution in [0.4, 0.5) is 5.13 Å². The van der Waals surface area contributed by atoms with Crippen LogP contribution in [-0.4, -0.2) is 10.9 Å². The summed E-state index contributed by atoms with van der Waals surface area (Å²) in [4.78, 5) is 16.3. The molecule has 1 aromatic rings. The molecule has 0 unspecified atom stereocenters. The normalized spacial score (nSPS) is 11.3. The molecule has 0 saturated heterocycles. The van der Waals surface area contributed by atoms with E-state index in [9.17, 15) is 4.79 Å². The van der Waals surface area contributed by atoms with Crippen LogP contribution in [0.3, 0.4) is 0 Å². The van der Waals surface area contributed by atoms with Crippen LogP contribution >= 0.6 is 11.3 Å². The molecule has 0 aliphatic heterocycles. The van der Waals surface area contributed by atoms with E-state index in [0.29, 0.717) is 5.13 Å². The number of carbonyl (C=O) groups excluding carboxylic acids is 1. The van der Waals surface area contributed by atoms with Crippen LogP contribution in [-0.2, 0) is 4.79 Å². The number of thiazole rings is 1. The summed E-state index contributed by atoms with van der Waals surface area (Å²) in [6.07, 6.45) is 8.55. The number of rotatable bonds is 3. The molecule has 0 atom stereocenters. The fourth-order valence-corrected chi connectivity index (χ4v) is 1.48. The summed E-state index contributed by atoms with van der Waals surface area (Å²) in [7, 11) is 0. The van der Waals surface area contributed by atoms with Gasteiger partial charge in [-0.3, -0.25) is 10.1 Å². The molecule has 1 N–H and O–H groups in total. The highest BCUT2D eigenvalue weighted by Crippen LogP contribution is 2.16. The van der Waals surface area contributed by atoms with Crippen molar-refractivity contribution in [2.45, 2.75) is 13.8 Å². The minimum absolute atomic E-state index is 0.155. The molecule has 1 amide bonds. The third kappa shape index (κ3) is 3.53. The van der Waals surface area contributed by atoms with Crippen molar-refractivity contribution in [2.75, 3.05) is 5.32 Å². The molecule has 3 nitrogen and oxygen atoms in total. The van der Waals surface area contributed by atoms with E-state index in [-0.39, 0.29) is 5.91 Å². The molecule has 14 heavy (non-hydrogen) atoms. The number of allylic oxidation sites excluding steroid dienone is 3. The third-order valence-corrected chi connectivity index (χ3v) is 2.23. The number of amides is 1. The van der Waals surface area contributed by atoms with E-state index in [1.54, 1.807) is 18.3 Å². The van der Waals surface area contributed by atoms with Crippen molar-refractivity contribution in [3.8, 4) is 0 Å². The Kier molecular flexibility index (Phi) is 4.07. The summed E-state index contributed by atoms with van der Waals surface area (Å²) in [6, 6.07) is 0. The van der Waals surface area contributed by atoms with Gasteiger partial charge in [-0.2, -0.15) is 0 Å². The fraction of sp³-hybridized carbons (Fsp3) is 0.200. The predicted octanol–water partition coefficient (Wildman–Crippen LogP) is 2.52. The van der Waals surface area contributed by atoms with Gasteiger partial charge in [-0.15, -0.1) is 11.3 Å². The van der Waals surface area contributed by atoms with Gasteiger partial charge in [-0.25, -0.2) is 4.98 Å². The third-order valence-electron chi connectivity index (χ3n) is 1.40. The van der Waals surface area contributed by atoms with Gasteiger partial charge in [-0.05, 0) is 13.8 Å². The molecule has 0 aromatic carbocycles. The zero-order valence-corrected chi connectivity index (χ0v) is 8.97. The van der Waals surface area contributed by atoms with Crippen molar-refractivity contribution in [3.05, 3.63) is 35.4 Å². The van der Waals surface area contributed by atoms with Gasteiger partial charge in [0.15, 0.2) is 5.13 Å². The maximum Gasteiger partial charge on any atom is 0.250 e. The maximum atomic E-state index is 11.2. The van der Waals surface area contributed by atoms with Gasteiger partial charge in [-0.1, -0.05) is 18.2 Å². The van der Waals surface area contributed by atoms with Crippen molar-refractivity contribution < 1.29 is 4.79 Å². The van der Waals surface area contributed by atoms with Gasteiger partial charge < -0.3 is 0 Å². The highest BCUT2D eigenvalue weighted by molar-refractivity contribution is 7.15. The summed E-state index contributed by atoms with van der Waals surface area (Å²) in [6.45, 7) is 3.84. The topological polar surface area (TPSA) is 42.0 Å². The summed E-state index contributed by atoms with van der Waals surface area (Å²) >= 11 is 1.46. The van der Waals surface area contributed by atoms with Crippen LogP contribution in [0.25, 0.3) is 0 Å². The molecule has 0 radical (unpaired) electrons. The van der Waals surface area contributed by atoms with Gasteiger partial charge in [0, 0.05) is 17.2 Å². The van der Waals surface area contributed by atoms with Gasteiger partial charge in [0.2, 0.25) is 5.91 Å². The lowest BCUT2D eigenvalue weighted by molar-refractivity contribution is -0.111. The molecule has 1 aromatic heterocycles. The molecular formula is C10H12N2OS. The molecule has 0 aliphatic carbocycles. The first-order valence-corrected chi connectivity index (χ1v) is 5.07. The first-order valence-electron chi connectivity index (χ1n) is 4.25. The smallest absolute Gasteiger partial charge is 0.250 e. The Balaban J connectivity index is 2.49. The Morgan fingerprint density at radius 1 is 1.57 bits per heavy atom. The number of anilines is 1. The summed E-state index contributed by atoms with van der Waals surface area (Å²) in [5.74, 6) is -0.155. The Bertz CT molecular complexity index is 366. The van der Waals surface area contributed by atoms with Gasteiger partial charge in [0.05, 0.1) is 0 Å². The molecule has 0 aliphatic rings. The van der Waals surface area contributed by atoms with Crippen LogP contribution in [0.1, 0.15) is 11.8 Å². The van der Waals surface area contributed by atoms with Crippen LogP contribution < -0.4 is 5.32 Å². The number of aromatic nitrogens is 1. The first-order chi connectivity index (χ1) is 6.72. The number of nitrogens with one attached hydrogen (secondary N) is 1. The van der Waals surface area contributed by atoms with Crippen molar-refractivity contribution >= 4 is 22.4 Å². The van der Waals surface area contributed by atoms with E-state index in [0.717, 1.165) is 4.88 Å². The molecule has 4 heteroatoms. The monoisotopic (exact) mass is 208 g/mol. The lowest BCUT2D eigenvalue weighted by atomic mass is 10.4. The van der Waals surface area contributed by atoms with E-state index in [4.69, 9.17) is 0 Å². The molecular weight excluding hydrogens is 196 g/mol. The van der Waals surface area contributed by atoms with Gasteiger partial charge >= 0.3 is 0 Å². The number of aryl methyl sites for hydroxylation is 1. The Labute approximate surface area is 87.2 Å². The first kappa shape index (κ1) is 10.7. The summed E-state index contributed by atoms with van der Waals surface area (Å²) < 4.78 is 0. The maximum absolute atomic E-state index is 11.2. The second-order valence-electron chi connectivity index (χ2n) is 2.65. The Morgan fingerprint density at radius 2 is 2.36 bits per heavy atom. The number of carbonyl (C=O) groups is 1. The number of hydrogen-bond acceptors (Lipinski definition) is 3. The average Bonchev–Trinajstić information content (AvgIpc) is 2.52. The largest absolute Gasteiger partial charge is 0.298 e. The van der Waals surface area contributed by atoms with Crippen molar-refractivity contribution in [1.82, 2.24) is 4.98 Å². The standard InChI is InChI=1S/C10H12N2OS/c1-3-4-5-6-9(13)12-10-11-7-8(2)14-10/h3-7H,1-2H3,(H,11,12,13)/b4-3+,6-5+. The van der Waals surface area contributed by atoms with Crippen molar-refractivity contribution in [2.24, 2.45) is 0 Å². The second kappa shape index (κ2) is 5.34. The van der Waals surface area contributed by atoms with Crippen LogP contribution in [0.15, 0.2) is 30.5 Å². The molecule has 0 spiro atoms. The molecule has 1 rings (SSSR count). The predicted molar refractivity (Wildman–Crippen MR) is 59.4 cm³/mol. The second-order valence-corrected chi connectivity index (χ2v) is 3.88. The van der Waals surface area contributed by atoms with Gasteiger partial charge in [0.25, 0.3) is 0 Å². The Hall–Kier alpha value is -1.42. The van der Waals surface area contributed by atoms with Crippen LogP contribution in [0, 0.1) is 6.92 Å².